The second kappa shape index (κ2) is 9.81. The molecule has 2 aromatic rings. The highest BCUT2D eigenvalue weighted by atomic mass is 16.7. The van der Waals surface area contributed by atoms with Gasteiger partial charge in [-0.2, -0.15) is 5.48 Å². The van der Waals surface area contributed by atoms with E-state index >= 15 is 0 Å². The number of anilines is 1. The first-order chi connectivity index (χ1) is 14.0. The van der Waals surface area contributed by atoms with Crippen molar-refractivity contribution in [3.05, 3.63) is 65.7 Å². The lowest BCUT2D eigenvalue weighted by atomic mass is 9.99. The van der Waals surface area contributed by atoms with Gasteiger partial charge in [0.25, 0.3) is 0 Å². The molecule has 0 unspecified atom stereocenters. The van der Waals surface area contributed by atoms with Gasteiger partial charge in [0.15, 0.2) is 0 Å². The molecule has 5 N–H and O–H groups in total. The minimum Gasteiger partial charge on any atom is -0.481 e. The summed E-state index contributed by atoms with van der Waals surface area (Å²) in [4.78, 5) is 27.8. The molecule has 0 bridgehead atoms. The number of benzene rings is 2. The van der Waals surface area contributed by atoms with Crippen LogP contribution < -0.4 is 16.1 Å². The standard InChI is InChI=1S/C21H24N4O4/c22-21(24-16-4-2-1-3-5-16)15-8-6-14(7-9-15)18-12-17(29-25-18)13-19(26)23-11-10-20(27)28/h1-9,17-18,25H,10-13H2,(H2,22,24)(H,23,26)(H,27,28)/t17-,18+/m1/s1. The first-order valence-corrected chi connectivity index (χ1v) is 9.42. The summed E-state index contributed by atoms with van der Waals surface area (Å²) in [6.45, 7) is 0.113. The number of carbonyl (C=O) groups excluding carboxylic acids is 1. The van der Waals surface area contributed by atoms with Crippen LogP contribution in [0.4, 0.5) is 5.69 Å². The lowest BCUT2D eigenvalue weighted by molar-refractivity contribution is -0.136. The summed E-state index contributed by atoms with van der Waals surface area (Å²) in [7, 11) is 0. The summed E-state index contributed by atoms with van der Waals surface area (Å²) in [6.07, 6.45) is 0.430. The molecule has 1 heterocycles. The maximum atomic E-state index is 11.9. The number of amides is 1. The quantitative estimate of drug-likeness (QED) is 0.345. The van der Waals surface area contributed by atoms with Crippen LogP contribution in [0.5, 0.6) is 0 Å². The van der Waals surface area contributed by atoms with E-state index in [1.165, 1.54) is 0 Å². The van der Waals surface area contributed by atoms with Gasteiger partial charge in [0.1, 0.15) is 5.84 Å². The third-order valence-electron chi connectivity index (χ3n) is 4.59. The van der Waals surface area contributed by atoms with Crippen LogP contribution in [0.2, 0.25) is 0 Å². The largest absolute Gasteiger partial charge is 0.481 e. The number of hydrogen-bond donors (Lipinski definition) is 5. The molecule has 1 saturated heterocycles. The number of hydrogen-bond acceptors (Lipinski definition) is 5. The Morgan fingerprint density at radius 3 is 2.55 bits per heavy atom. The summed E-state index contributed by atoms with van der Waals surface area (Å²) in [6, 6.07) is 17.1. The summed E-state index contributed by atoms with van der Waals surface area (Å²) in [5, 5.41) is 22.4. The molecule has 3 rings (SSSR count). The van der Waals surface area contributed by atoms with E-state index in [2.05, 4.69) is 16.1 Å². The monoisotopic (exact) mass is 396 g/mol. The molecule has 0 aliphatic carbocycles. The minimum atomic E-state index is -0.945. The highest BCUT2D eigenvalue weighted by molar-refractivity contribution is 6.06. The topological polar surface area (TPSA) is 124 Å². The molecule has 152 valence electrons. The summed E-state index contributed by atoms with van der Waals surface area (Å²) >= 11 is 0. The molecule has 1 aliphatic heterocycles. The molecular weight excluding hydrogens is 372 g/mol. The Bertz CT molecular complexity index is 855. The molecule has 29 heavy (non-hydrogen) atoms. The van der Waals surface area contributed by atoms with Crippen LogP contribution in [0, 0.1) is 5.41 Å². The molecule has 0 saturated carbocycles. The van der Waals surface area contributed by atoms with Gasteiger partial charge >= 0.3 is 5.97 Å². The van der Waals surface area contributed by atoms with Crippen molar-refractivity contribution in [3.8, 4) is 0 Å². The lowest BCUT2D eigenvalue weighted by Crippen LogP contribution is -2.29. The van der Waals surface area contributed by atoms with E-state index in [1.807, 2.05) is 54.6 Å². The molecule has 8 nitrogen and oxygen atoms in total. The van der Waals surface area contributed by atoms with Crippen LogP contribution in [-0.2, 0) is 14.4 Å². The molecule has 1 amide bonds. The molecule has 0 spiro atoms. The van der Waals surface area contributed by atoms with Crippen molar-refractivity contribution in [1.82, 2.24) is 10.8 Å². The molecule has 2 atom stereocenters. The van der Waals surface area contributed by atoms with Crippen molar-refractivity contribution in [2.75, 3.05) is 11.9 Å². The van der Waals surface area contributed by atoms with Crippen molar-refractivity contribution < 1.29 is 19.5 Å². The number of para-hydroxylation sites is 1. The average molecular weight is 396 g/mol. The Morgan fingerprint density at radius 2 is 1.86 bits per heavy atom. The zero-order chi connectivity index (χ0) is 20.6. The number of rotatable bonds is 8. The van der Waals surface area contributed by atoms with Gasteiger partial charge in [0.2, 0.25) is 5.91 Å². The van der Waals surface area contributed by atoms with Crippen LogP contribution in [0.15, 0.2) is 54.6 Å². The van der Waals surface area contributed by atoms with Crippen LogP contribution in [0.25, 0.3) is 0 Å². The van der Waals surface area contributed by atoms with E-state index in [-0.39, 0.29) is 37.4 Å². The zero-order valence-electron chi connectivity index (χ0n) is 15.9. The van der Waals surface area contributed by atoms with E-state index in [0.29, 0.717) is 12.3 Å². The number of amidine groups is 1. The second-order valence-corrected chi connectivity index (χ2v) is 6.83. The van der Waals surface area contributed by atoms with Crippen molar-refractivity contribution in [3.63, 3.8) is 0 Å². The number of hydroxylamine groups is 1. The Labute approximate surface area is 168 Å². The Hall–Kier alpha value is -3.23. The maximum Gasteiger partial charge on any atom is 0.305 e. The predicted molar refractivity (Wildman–Crippen MR) is 109 cm³/mol. The highest BCUT2D eigenvalue weighted by Gasteiger charge is 2.28. The van der Waals surface area contributed by atoms with Crippen LogP contribution in [0.3, 0.4) is 0 Å². The summed E-state index contributed by atoms with van der Waals surface area (Å²) < 4.78 is 0. The predicted octanol–water partition coefficient (Wildman–Crippen LogP) is 2.44. The fourth-order valence-electron chi connectivity index (χ4n) is 3.07. The molecule has 0 aromatic heterocycles. The zero-order valence-corrected chi connectivity index (χ0v) is 15.9. The summed E-state index contributed by atoms with van der Waals surface area (Å²) in [5.41, 5.74) is 5.58. The SMILES string of the molecule is N=C(Nc1ccccc1)c1ccc([C@@H]2C[C@H](CC(=O)NCCC(=O)O)ON2)cc1. The van der Waals surface area contributed by atoms with Gasteiger partial charge in [-0.25, -0.2) is 0 Å². The van der Waals surface area contributed by atoms with Gasteiger partial charge in [0, 0.05) is 17.8 Å². The molecule has 1 aliphatic rings. The Kier molecular flexibility index (Phi) is 6.94. The van der Waals surface area contributed by atoms with Crippen molar-refractivity contribution in [2.24, 2.45) is 0 Å². The van der Waals surface area contributed by atoms with Crippen LogP contribution in [0.1, 0.15) is 36.4 Å². The molecule has 8 heteroatoms. The molecule has 1 fully saturated rings. The van der Waals surface area contributed by atoms with E-state index in [4.69, 9.17) is 15.4 Å². The van der Waals surface area contributed by atoms with Crippen molar-refractivity contribution in [1.29, 1.82) is 5.41 Å². The van der Waals surface area contributed by atoms with Gasteiger partial charge in [-0.3, -0.25) is 19.8 Å². The third kappa shape index (κ3) is 6.13. The highest BCUT2D eigenvalue weighted by Crippen LogP contribution is 2.27. The number of carboxylic acid groups (broad SMARTS) is 1. The molecule has 2 aromatic carbocycles. The van der Waals surface area contributed by atoms with E-state index in [1.54, 1.807) is 0 Å². The van der Waals surface area contributed by atoms with Crippen molar-refractivity contribution >= 4 is 23.4 Å². The number of carbonyl (C=O) groups is 2. The van der Waals surface area contributed by atoms with Gasteiger partial charge in [-0.05, 0) is 24.1 Å². The van der Waals surface area contributed by atoms with Crippen molar-refractivity contribution in [2.45, 2.75) is 31.4 Å². The van der Waals surface area contributed by atoms with Crippen LogP contribution in [-0.4, -0.2) is 35.5 Å². The lowest BCUT2D eigenvalue weighted by Gasteiger charge is -2.11. The fraction of sp³-hybridized carbons (Fsp3) is 0.286. The first kappa shape index (κ1) is 20.5. The molecular formula is C21H24N4O4. The third-order valence-corrected chi connectivity index (χ3v) is 4.59. The first-order valence-electron chi connectivity index (χ1n) is 9.42. The van der Waals surface area contributed by atoms with E-state index < -0.39 is 5.97 Å². The number of nitrogens with one attached hydrogen (secondary N) is 4. The minimum absolute atomic E-state index is 0.0443. The fourth-order valence-corrected chi connectivity index (χ4v) is 3.07. The average Bonchev–Trinajstić information content (AvgIpc) is 3.17. The smallest absolute Gasteiger partial charge is 0.305 e. The maximum absolute atomic E-state index is 11.9. The van der Waals surface area contributed by atoms with E-state index in [0.717, 1.165) is 16.8 Å². The van der Waals surface area contributed by atoms with Gasteiger partial charge in [-0.15, -0.1) is 0 Å². The Morgan fingerprint density at radius 1 is 1.14 bits per heavy atom. The van der Waals surface area contributed by atoms with Gasteiger partial charge in [0.05, 0.1) is 25.0 Å². The number of aliphatic carboxylic acids is 1. The van der Waals surface area contributed by atoms with Crippen LogP contribution >= 0.6 is 0 Å². The second-order valence-electron chi connectivity index (χ2n) is 6.83. The Balaban J connectivity index is 1.48. The normalized spacial score (nSPS) is 18.2. The molecule has 0 radical (unpaired) electrons. The van der Waals surface area contributed by atoms with Gasteiger partial charge in [-0.1, -0.05) is 42.5 Å². The van der Waals surface area contributed by atoms with Gasteiger partial charge < -0.3 is 15.7 Å². The summed E-state index contributed by atoms with van der Waals surface area (Å²) in [5.74, 6) is -0.858. The number of carboxylic acids is 1. The van der Waals surface area contributed by atoms with E-state index in [9.17, 15) is 9.59 Å².